The van der Waals surface area contributed by atoms with Crippen molar-refractivity contribution in [3.05, 3.63) is 59.2 Å². The summed E-state index contributed by atoms with van der Waals surface area (Å²) >= 11 is 0. The van der Waals surface area contributed by atoms with Gasteiger partial charge < -0.3 is 15.3 Å². The van der Waals surface area contributed by atoms with Crippen LogP contribution in [0.3, 0.4) is 0 Å². The van der Waals surface area contributed by atoms with Gasteiger partial charge in [-0.05, 0) is 36.8 Å². The van der Waals surface area contributed by atoms with Gasteiger partial charge in [0.25, 0.3) is 5.91 Å². The van der Waals surface area contributed by atoms with Crippen LogP contribution in [-0.2, 0) is 14.8 Å². The molecule has 1 saturated heterocycles. The normalized spacial score (nSPS) is 15.0. The molecule has 1 aliphatic rings. The van der Waals surface area contributed by atoms with Crippen LogP contribution in [0.5, 0.6) is 5.75 Å². The molecule has 3 rings (SSSR count). The summed E-state index contributed by atoms with van der Waals surface area (Å²) in [5.74, 6) is -3.53. The molecular weight excluding hydrogens is 432 g/mol. The Balaban J connectivity index is 1.57. The molecule has 0 radical (unpaired) electrons. The van der Waals surface area contributed by atoms with Crippen molar-refractivity contribution < 1.29 is 31.9 Å². The fraction of sp³-hybridized carbons (Fsp3) is 0.300. The van der Waals surface area contributed by atoms with Crippen molar-refractivity contribution >= 4 is 21.8 Å². The molecule has 0 unspecified atom stereocenters. The van der Waals surface area contributed by atoms with Crippen LogP contribution in [0.4, 0.5) is 8.78 Å². The molecular formula is C20H21F2N3O5S. The lowest BCUT2D eigenvalue weighted by molar-refractivity contribution is -0.131. The van der Waals surface area contributed by atoms with Crippen molar-refractivity contribution in [3.63, 3.8) is 0 Å². The molecule has 1 aliphatic heterocycles. The molecule has 11 heteroatoms. The van der Waals surface area contributed by atoms with Gasteiger partial charge in [0.05, 0.1) is 12.1 Å². The van der Waals surface area contributed by atoms with E-state index in [9.17, 15) is 31.9 Å². The number of hydrogen-bond acceptors (Lipinski definition) is 5. The Labute approximate surface area is 178 Å². The van der Waals surface area contributed by atoms with E-state index in [1.807, 2.05) is 0 Å². The number of carbonyl (C=O) groups is 2. The first kappa shape index (κ1) is 22.6. The molecule has 0 aromatic heterocycles. The minimum absolute atomic E-state index is 0.0159. The average Bonchev–Trinajstić information content (AvgIpc) is 2.73. The minimum atomic E-state index is -3.93. The van der Waals surface area contributed by atoms with Crippen LogP contribution in [0.15, 0.2) is 41.3 Å². The lowest BCUT2D eigenvalue weighted by atomic mass is 10.2. The standard InChI is InChI=1S/C20H21F2N3O5S/c1-13-2-5-17(26)18(10-13)31(29,30)25-8-6-24(7-9-25)19(27)12-23-20(28)15-4-3-14(21)11-16(15)22/h2-5,10-11,26H,6-9,12H2,1H3,(H,23,28). The van der Waals surface area contributed by atoms with Gasteiger partial charge in [-0.2, -0.15) is 4.31 Å². The highest BCUT2D eigenvalue weighted by molar-refractivity contribution is 7.89. The Morgan fingerprint density at radius 2 is 1.74 bits per heavy atom. The van der Waals surface area contributed by atoms with E-state index in [1.54, 1.807) is 13.0 Å². The number of phenolic OH excluding ortho intramolecular Hbond substituents is 1. The molecule has 31 heavy (non-hydrogen) atoms. The van der Waals surface area contributed by atoms with Gasteiger partial charge >= 0.3 is 0 Å². The highest BCUT2D eigenvalue weighted by Gasteiger charge is 2.32. The maximum absolute atomic E-state index is 13.7. The molecule has 0 atom stereocenters. The minimum Gasteiger partial charge on any atom is -0.507 e. The van der Waals surface area contributed by atoms with Crippen LogP contribution in [0.2, 0.25) is 0 Å². The lowest BCUT2D eigenvalue weighted by Gasteiger charge is -2.34. The molecule has 2 aromatic carbocycles. The number of sulfonamides is 1. The summed E-state index contributed by atoms with van der Waals surface area (Å²) in [6.07, 6.45) is 0. The van der Waals surface area contributed by atoms with Gasteiger partial charge in [0.2, 0.25) is 15.9 Å². The topological polar surface area (TPSA) is 107 Å². The maximum atomic E-state index is 13.7. The van der Waals surface area contributed by atoms with Crippen LogP contribution >= 0.6 is 0 Å². The van der Waals surface area contributed by atoms with E-state index in [-0.39, 0.29) is 42.4 Å². The predicted octanol–water partition coefficient (Wildman–Crippen LogP) is 1.24. The second kappa shape index (κ2) is 8.98. The van der Waals surface area contributed by atoms with Crippen molar-refractivity contribution in [1.29, 1.82) is 0 Å². The van der Waals surface area contributed by atoms with Crippen LogP contribution in [0.25, 0.3) is 0 Å². The molecule has 2 aromatic rings. The summed E-state index contributed by atoms with van der Waals surface area (Å²) < 4.78 is 53.4. The van der Waals surface area contributed by atoms with Crippen molar-refractivity contribution in [3.8, 4) is 5.75 Å². The summed E-state index contributed by atoms with van der Waals surface area (Å²) in [7, 11) is -3.93. The first-order valence-electron chi connectivity index (χ1n) is 9.40. The first-order chi connectivity index (χ1) is 14.6. The van der Waals surface area contributed by atoms with E-state index in [0.717, 1.165) is 12.1 Å². The van der Waals surface area contributed by atoms with Crippen LogP contribution < -0.4 is 5.32 Å². The SMILES string of the molecule is Cc1ccc(O)c(S(=O)(=O)N2CCN(C(=O)CNC(=O)c3ccc(F)cc3F)CC2)c1. The Morgan fingerprint density at radius 1 is 1.06 bits per heavy atom. The number of piperazine rings is 1. The molecule has 0 aliphatic carbocycles. The second-order valence-electron chi connectivity index (χ2n) is 7.06. The van der Waals surface area contributed by atoms with Crippen molar-refractivity contribution in [2.45, 2.75) is 11.8 Å². The van der Waals surface area contributed by atoms with Crippen molar-refractivity contribution in [2.75, 3.05) is 32.7 Å². The van der Waals surface area contributed by atoms with E-state index in [2.05, 4.69) is 5.32 Å². The number of rotatable bonds is 5. The summed E-state index contributed by atoms with van der Waals surface area (Å²) in [4.78, 5) is 25.5. The zero-order valence-electron chi connectivity index (χ0n) is 16.6. The zero-order valence-corrected chi connectivity index (χ0v) is 17.5. The van der Waals surface area contributed by atoms with Crippen LogP contribution in [0, 0.1) is 18.6 Å². The monoisotopic (exact) mass is 453 g/mol. The zero-order chi connectivity index (χ0) is 22.8. The third-order valence-corrected chi connectivity index (χ3v) is 6.83. The van der Waals surface area contributed by atoms with E-state index < -0.39 is 40.0 Å². The summed E-state index contributed by atoms with van der Waals surface area (Å²) in [5.41, 5.74) is 0.293. The Hall–Kier alpha value is -3.05. The van der Waals surface area contributed by atoms with Gasteiger partial charge in [0, 0.05) is 32.2 Å². The fourth-order valence-corrected chi connectivity index (χ4v) is 4.77. The van der Waals surface area contributed by atoms with Crippen molar-refractivity contribution in [1.82, 2.24) is 14.5 Å². The molecule has 1 fully saturated rings. The second-order valence-corrected chi connectivity index (χ2v) is 8.97. The number of halogens is 2. The fourth-order valence-electron chi connectivity index (χ4n) is 3.18. The largest absolute Gasteiger partial charge is 0.507 e. The number of nitrogens with one attached hydrogen (secondary N) is 1. The number of phenols is 1. The van der Waals surface area contributed by atoms with Gasteiger partial charge in [0.15, 0.2) is 0 Å². The number of hydrogen-bond donors (Lipinski definition) is 2. The third kappa shape index (κ3) is 5.00. The summed E-state index contributed by atoms with van der Waals surface area (Å²) in [6, 6.07) is 6.78. The van der Waals surface area contributed by atoms with Gasteiger partial charge in [-0.15, -0.1) is 0 Å². The quantitative estimate of drug-likeness (QED) is 0.709. The smallest absolute Gasteiger partial charge is 0.254 e. The van der Waals surface area contributed by atoms with Gasteiger partial charge in [-0.25, -0.2) is 17.2 Å². The van der Waals surface area contributed by atoms with Crippen LogP contribution in [-0.4, -0.2) is 67.3 Å². The molecule has 8 nitrogen and oxygen atoms in total. The first-order valence-corrected chi connectivity index (χ1v) is 10.8. The number of aromatic hydroxyl groups is 1. The number of carbonyl (C=O) groups excluding carboxylic acids is 2. The number of benzene rings is 2. The van der Waals surface area contributed by atoms with E-state index in [1.165, 1.54) is 21.3 Å². The molecule has 2 N–H and O–H groups in total. The van der Waals surface area contributed by atoms with E-state index >= 15 is 0 Å². The predicted molar refractivity (Wildman–Crippen MR) is 107 cm³/mol. The molecule has 0 bridgehead atoms. The molecule has 1 heterocycles. The third-order valence-electron chi connectivity index (χ3n) is 4.90. The van der Waals surface area contributed by atoms with E-state index in [0.29, 0.717) is 11.6 Å². The number of amides is 2. The number of nitrogens with zero attached hydrogens (tertiary/aromatic N) is 2. The summed E-state index contributed by atoms with van der Waals surface area (Å²) in [6.45, 7) is 1.50. The van der Waals surface area contributed by atoms with Crippen LogP contribution in [0.1, 0.15) is 15.9 Å². The molecule has 0 spiro atoms. The van der Waals surface area contributed by atoms with Crippen molar-refractivity contribution in [2.24, 2.45) is 0 Å². The highest BCUT2D eigenvalue weighted by Crippen LogP contribution is 2.27. The Morgan fingerprint density at radius 3 is 2.39 bits per heavy atom. The maximum Gasteiger partial charge on any atom is 0.254 e. The van der Waals surface area contributed by atoms with E-state index in [4.69, 9.17) is 0 Å². The molecule has 0 saturated carbocycles. The summed E-state index contributed by atoms with van der Waals surface area (Å²) in [5, 5.41) is 12.2. The number of aryl methyl sites for hydroxylation is 1. The lowest BCUT2D eigenvalue weighted by Crippen LogP contribution is -2.52. The van der Waals surface area contributed by atoms with Gasteiger partial charge in [-0.1, -0.05) is 6.07 Å². The molecule has 166 valence electrons. The Kier molecular flexibility index (Phi) is 6.56. The van der Waals surface area contributed by atoms with Gasteiger partial charge in [-0.3, -0.25) is 9.59 Å². The molecule has 2 amide bonds. The average molecular weight is 453 g/mol. The highest BCUT2D eigenvalue weighted by atomic mass is 32.2. The Bertz CT molecular complexity index is 1120. The van der Waals surface area contributed by atoms with Gasteiger partial charge in [0.1, 0.15) is 22.3 Å².